The molecule has 0 spiro atoms. The Morgan fingerprint density at radius 2 is 2.19 bits per heavy atom. The lowest BCUT2D eigenvalue weighted by Crippen LogP contribution is -1.99. The summed E-state index contributed by atoms with van der Waals surface area (Å²) in [5.74, 6) is -0.144. The maximum absolute atomic E-state index is 10.5. The monoisotopic (exact) mass is 216 g/mol. The van der Waals surface area contributed by atoms with Gasteiger partial charge in [0.25, 0.3) is 0 Å². The van der Waals surface area contributed by atoms with Gasteiger partial charge in [0, 0.05) is 17.5 Å². The number of aromatic nitrogens is 2. The number of carbonyl (C=O) groups is 1. The minimum Gasteiger partial charge on any atom is -0.481 e. The van der Waals surface area contributed by atoms with Gasteiger partial charge in [-0.1, -0.05) is 24.3 Å². The molecular weight excluding hydrogens is 204 g/mol. The highest BCUT2D eigenvalue weighted by atomic mass is 16.4. The molecule has 16 heavy (non-hydrogen) atoms. The van der Waals surface area contributed by atoms with Gasteiger partial charge in [-0.3, -0.25) is 4.79 Å². The molecule has 2 rings (SSSR count). The van der Waals surface area contributed by atoms with E-state index < -0.39 is 5.97 Å². The smallest absolute Gasteiger partial charge is 0.309 e. The maximum Gasteiger partial charge on any atom is 0.309 e. The summed E-state index contributed by atoms with van der Waals surface area (Å²) in [7, 11) is 0. The first-order chi connectivity index (χ1) is 7.66. The van der Waals surface area contributed by atoms with Crippen LogP contribution >= 0.6 is 0 Å². The lowest BCUT2D eigenvalue weighted by atomic mass is 10.1. The average molecular weight is 216 g/mol. The Balaban J connectivity index is 2.32. The van der Waals surface area contributed by atoms with Gasteiger partial charge in [0.1, 0.15) is 5.82 Å². The van der Waals surface area contributed by atoms with Crippen LogP contribution in [0.25, 0.3) is 11.4 Å². The summed E-state index contributed by atoms with van der Waals surface area (Å²) in [6.07, 6.45) is 1.54. The second kappa shape index (κ2) is 4.18. The van der Waals surface area contributed by atoms with E-state index in [1.807, 2.05) is 31.2 Å². The zero-order chi connectivity index (χ0) is 11.5. The molecule has 0 radical (unpaired) electrons. The van der Waals surface area contributed by atoms with Gasteiger partial charge in [-0.05, 0) is 12.5 Å². The van der Waals surface area contributed by atoms with Crippen LogP contribution in [0.3, 0.4) is 0 Å². The molecule has 0 aliphatic rings. The van der Waals surface area contributed by atoms with Gasteiger partial charge in [0.2, 0.25) is 0 Å². The number of nitrogens with zero attached hydrogens (tertiary/aromatic N) is 1. The Morgan fingerprint density at radius 3 is 2.88 bits per heavy atom. The predicted octanol–water partition coefficient (Wildman–Crippen LogP) is 2.01. The molecule has 2 aromatic rings. The Morgan fingerprint density at radius 1 is 1.44 bits per heavy atom. The molecule has 0 amide bonds. The predicted molar refractivity (Wildman–Crippen MR) is 60.1 cm³/mol. The number of rotatable bonds is 3. The minimum atomic E-state index is -0.861. The number of aliphatic carboxylic acids is 1. The van der Waals surface area contributed by atoms with Crippen LogP contribution in [0.1, 0.15) is 11.3 Å². The van der Waals surface area contributed by atoms with E-state index in [1.54, 1.807) is 6.20 Å². The molecule has 1 aromatic heterocycles. The molecule has 4 heteroatoms. The van der Waals surface area contributed by atoms with Gasteiger partial charge in [-0.15, -0.1) is 0 Å². The fraction of sp³-hybridized carbons (Fsp3) is 0.167. The van der Waals surface area contributed by atoms with Crippen LogP contribution in [0, 0.1) is 6.92 Å². The number of imidazole rings is 1. The Hall–Kier alpha value is -2.10. The Kier molecular flexibility index (Phi) is 2.72. The van der Waals surface area contributed by atoms with Gasteiger partial charge in [-0.2, -0.15) is 0 Å². The van der Waals surface area contributed by atoms with Gasteiger partial charge >= 0.3 is 5.97 Å². The second-order valence-corrected chi connectivity index (χ2v) is 3.64. The SMILES string of the molecule is Cc1ccccc1-c1ncc(CC(=O)O)[nH]1. The van der Waals surface area contributed by atoms with Crippen LogP contribution in [-0.2, 0) is 11.2 Å². The molecule has 0 saturated heterocycles. The normalized spacial score (nSPS) is 10.3. The van der Waals surface area contributed by atoms with Gasteiger partial charge < -0.3 is 10.1 Å². The molecule has 2 N–H and O–H groups in total. The van der Waals surface area contributed by atoms with Crippen molar-refractivity contribution in [1.82, 2.24) is 9.97 Å². The highest BCUT2D eigenvalue weighted by Gasteiger charge is 2.07. The van der Waals surface area contributed by atoms with E-state index in [4.69, 9.17) is 5.11 Å². The maximum atomic E-state index is 10.5. The van der Waals surface area contributed by atoms with E-state index in [-0.39, 0.29) is 6.42 Å². The van der Waals surface area contributed by atoms with Crippen molar-refractivity contribution in [1.29, 1.82) is 0 Å². The van der Waals surface area contributed by atoms with Crippen molar-refractivity contribution in [3.05, 3.63) is 41.7 Å². The molecule has 1 aromatic carbocycles. The number of carboxylic acid groups (broad SMARTS) is 1. The third kappa shape index (κ3) is 2.11. The summed E-state index contributed by atoms with van der Waals surface area (Å²) in [6, 6.07) is 7.84. The number of carboxylic acids is 1. The summed E-state index contributed by atoms with van der Waals surface area (Å²) in [5, 5.41) is 8.65. The molecule has 1 heterocycles. The first-order valence-corrected chi connectivity index (χ1v) is 4.98. The van der Waals surface area contributed by atoms with Crippen molar-refractivity contribution in [2.24, 2.45) is 0 Å². The number of aryl methyl sites for hydroxylation is 1. The van der Waals surface area contributed by atoms with Crippen molar-refractivity contribution in [3.8, 4) is 11.4 Å². The quantitative estimate of drug-likeness (QED) is 0.824. The molecule has 0 atom stereocenters. The standard InChI is InChI=1S/C12H12N2O2/c1-8-4-2-3-5-10(8)12-13-7-9(14-12)6-11(15)16/h2-5,7H,6H2,1H3,(H,13,14)(H,15,16). The molecule has 0 aliphatic heterocycles. The number of hydrogen-bond donors (Lipinski definition) is 2. The summed E-state index contributed by atoms with van der Waals surface area (Å²) in [5.41, 5.74) is 2.73. The Labute approximate surface area is 93.0 Å². The van der Waals surface area contributed by atoms with Crippen molar-refractivity contribution in [3.63, 3.8) is 0 Å². The van der Waals surface area contributed by atoms with Crippen molar-refractivity contribution in [2.75, 3.05) is 0 Å². The lowest BCUT2D eigenvalue weighted by molar-refractivity contribution is -0.136. The van der Waals surface area contributed by atoms with E-state index in [2.05, 4.69) is 9.97 Å². The van der Waals surface area contributed by atoms with Gasteiger partial charge in [0.05, 0.1) is 6.42 Å². The van der Waals surface area contributed by atoms with E-state index in [1.165, 1.54) is 0 Å². The molecule has 4 nitrogen and oxygen atoms in total. The largest absolute Gasteiger partial charge is 0.481 e. The van der Waals surface area contributed by atoms with E-state index in [0.29, 0.717) is 11.5 Å². The summed E-state index contributed by atoms with van der Waals surface area (Å²) in [6.45, 7) is 1.99. The molecule has 0 aliphatic carbocycles. The molecular formula is C12H12N2O2. The zero-order valence-corrected chi connectivity index (χ0v) is 8.90. The second-order valence-electron chi connectivity index (χ2n) is 3.64. The highest BCUT2D eigenvalue weighted by molar-refractivity contribution is 5.70. The number of H-pyrrole nitrogens is 1. The molecule has 0 unspecified atom stereocenters. The first-order valence-electron chi connectivity index (χ1n) is 4.98. The lowest BCUT2D eigenvalue weighted by Gasteiger charge is -2.00. The number of hydrogen-bond acceptors (Lipinski definition) is 2. The fourth-order valence-corrected chi connectivity index (χ4v) is 1.59. The van der Waals surface area contributed by atoms with Gasteiger partial charge in [-0.25, -0.2) is 4.98 Å². The molecule has 0 bridgehead atoms. The average Bonchev–Trinajstić information content (AvgIpc) is 2.66. The van der Waals surface area contributed by atoms with Crippen LogP contribution in [0.4, 0.5) is 0 Å². The van der Waals surface area contributed by atoms with Crippen LogP contribution < -0.4 is 0 Å². The number of aromatic amines is 1. The zero-order valence-electron chi connectivity index (χ0n) is 8.90. The third-order valence-corrected chi connectivity index (χ3v) is 2.37. The van der Waals surface area contributed by atoms with Crippen molar-refractivity contribution >= 4 is 5.97 Å². The topological polar surface area (TPSA) is 66.0 Å². The van der Waals surface area contributed by atoms with E-state index >= 15 is 0 Å². The summed E-state index contributed by atoms with van der Waals surface area (Å²) in [4.78, 5) is 17.7. The molecule has 0 saturated carbocycles. The van der Waals surface area contributed by atoms with Crippen LogP contribution in [-0.4, -0.2) is 21.0 Å². The summed E-state index contributed by atoms with van der Waals surface area (Å²) < 4.78 is 0. The van der Waals surface area contributed by atoms with Crippen LogP contribution in [0.2, 0.25) is 0 Å². The van der Waals surface area contributed by atoms with Crippen LogP contribution in [0.15, 0.2) is 30.5 Å². The Bertz CT molecular complexity index is 517. The number of nitrogens with one attached hydrogen (secondary N) is 1. The first kappa shape index (κ1) is 10.4. The third-order valence-electron chi connectivity index (χ3n) is 2.37. The van der Waals surface area contributed by atoms with E-state index in [9.17, 15) is 4.79 Å². The molecule has 0 fully saturated rings. The van der Waals surface area contributed by atoms with Crippen molar-refractivity contribution in [2.45, 2.75) is 13.3 Å². The van der Waals surface area contributed by atoms with E-state index in [0.717, 1.165) is 11.1 Å². The summed E-state index contributed by atoms with van der Waals surface area (Å²) >= 11 is 0. The van der Waals surface area contributed by atoms with Crippen molar-refractivity contribution < 1.29 is 9.90 Å². The van der Waals surface area contributed by atoms with Gasteiger partial charge in [0.15, 0.2) is 0 Å². The minimum absolute atomic E-state index is 0.0289. The highest BCUT2D eigenvalue weighted by Crippen LogP contribution is 2.19. The van der Waals surface area contributed by atoms with Crippen LogP contribution in [0.5, 0.6) is 0 Å². The molecule has 82 valence electrons. The fourth-order valence-electron chi connectivity index (χ4n) is 1.59. The number of benzene rings is 1.